The topological polar surface area (TPSA) is 61.8 Å². The monoisotopic (exact) mass is 478 g/mol. The second-order valence-electron chi connectivity index (χ2n) is 10.1. The molecule has 0 unspecified atom stereocenters. The molecule has 2 aliphatic rings. The number of carbonyl (C=O) groups excluding carboxylic acids is 2. The Morgan fingerprint density at radius 3 is 2.08 bits per heavy atom. The molecule has 180 valence electrons. The van der Waals surface area contributed by atoms with Crippen LogP contribution < -0.4 is 14.2 Å². The number of fused-ring (bicyclic) bond motifs is 5. The first-order valence-corrected chi connectivity index (χ1v) is 12.1. The molecule has 1 aliphatic carbocycles. The number of ether oxygens (including phenoxy) is 3. The summed E-state index contributed by atoms with van der Waals surface area (Å²) in [5.41, 5.74) is 2.90. The molecule has 1 atom stereocenters. The summed E-state index contributed by atoms with van der Waals surface area (Å²) in [6.07, 6.45) is 0.272. The summed E-state index contributed by atoms with van der Waals surface area (Å²) in [6.45, 7) is 5.99. The maximum Gasteiger partial charge on any atom is 0.194 e. The van der Waals surface area contributed by atoms with Crippen molar-refractivity contribution in [3.05, 3.63) is 100 Å². The SMILES string of the molecule is COc1cc2c(c3ccccc13)OC(C)(C)C[C@H]2Oc1cc2c(cc1C)C(=O)c1ccccc1C2=O. The second-order valence-corrected chi connectivity index (χ2v) is 10.1. The Hall–Kier alpha value is -4.12. The maximum absolute atomic E-state index is 13.3. The van der Waals surface area contributed by atoms with Crippen molar-refractivity contribution in [3.63, 3.8) is 0 Å². The zero-order chi connectivity index (χ0) is 25.2. The molecule has 0 aromatic heterocycles. The largest absolute Gasteiger partial charge is 0.496 e. The fourth-order valence-corrected chi connectivity index (χ4v) is 5.35. The van der Waals surface area contributed by atoms with Gasteiger partial charge in [-0.3, -0.25) is 9.59 Å². The van der Waals surface area contributed by atoms with Crippen LogP contribution in [0, 0.1) is 6.92 Å². The van der Waals surface area contributed by atoms with E-state index in [1.54, 1.807) is 43.5 Å². The van der Waals surface area contributed by atoms with E-state index in [-0.39, 0.29) is 17.7 Å². The van der Waals surface area contributed by atoms with Gasteiger partial charge in [0.25, 0.3) is 0 Å². The normalized spacial score (nSPS) is 17.6. The molecular weight excluding hydrogens is 452 g/mol. The van der Waals surface area contributed by atoms with Crippen molar-refractivity contribution in [2.45, 2.75) is 38.9 Å². The number of hydrogen-bond donors (Lipinski definition) is 0. The first kappa shape index (κ1) is 22.4. The van der Waals surface area contributed by atoms with Crippen molar-refractivity contribution in [2.75, 3.05) is 7.11 Å². The molecule has 0 spiro atoms. The number of benzene rings is 4. The zero-order valence-electron chi connectivity index (χ0n) is 20.7. The van der Waals surface area contributed by atoms with Gasteiger partial charge in [-0.2, -0.15) is 0 Å². The molecule has 4 aromatic carbocycles. The van der Waals surface area contributed by atoms with Gasteiger partial charge in [-0.15, -0.1) is 0 Å². The van der Waals surface area contributed by atoms with E-state index in [0.29, 0.717) is 34.4 Å². The van der Waals surface area contributed by atoms with E-state index < -0.39 is 5.60 Å². The number of methoxy groups -OCH3 is 1. The Labute approximate surface area is 209 Å². The van der Waals surface area contributed by atoms with Crippen LogP contribution in [0.4, 0.5) is 0 Å². The van der Waals surface area contributed by atoms with Gasteiger partial charge in [0, 0.05) is 45.0 Å². The predicted octanol–water partition coefficient (Wildman–Crippen LogP) is 6.61. The number of ketones is 2. The van der Waals surface area contributed by atoms with Gasteiger partial charge in [0.15, 0.2) is 11.6 Å². The molecule has 0 N–H and O–H groups in total. The van der Waals surface area contributed by atoms with Gasteiger partial charge in [0.1, 0.15) is 29.0 Å². The van der Waals surface area contributed by atoms with Gasteiger partial charge < -0.3 is 14.2 Å². The van der Waals surface area contributed by atoms with E-state index in [1.807, 2.05) is 51.1 Å². The van der Waals surface area contributed by atoms with Crippen molar-refractivity contribution >= 4 is 22.3 Å². The fraction of sp³-hybridized carbons (Fsp3) is 0.226. The lowest BCUT2D eigenvalue weighted by Gasteiger charge is -2.38. The lowest BCUT2D eigenvalue weighted by molar-refractivity contribution is 0.0231. The molecule has 0 amide bonds. The minimum Gasteiger partial charge on any atom is -0.496 e. The summed E-state index contributed by atoms with van der Waals surface area (Å²) in [5.74, 6) is 1.81. The van der Waals surface area contributed by atoms with Crippen LogP contribution in [0.5, 0.6) is 17.2 Å². The van der Waals surface area contributed by atoms with Crippen molar-refractivity contribution < 1.29 is 23.8 Å². The van der Waals surface area contributed by atoms with Crippen LogP contribution in [0.1, 0.15) is 69.3 Å². The molecule has 1 aliphatic heterocycles. The zero-order valence-corrected chi connectivity index (χ0v) is 20.7. The lowest BCUT2D eigenvalue weighted by Crippen LogP contribution is -2.36. The Kier molecular flexibility index (Phi) is 4.94. The Balaban J connectivity index is 1.46. The number of carbonyl (C=O) groups is 2. The van der Waals surface area contributed by atoms with E-state index >= 15 is 0 Å². The molecule has 0 saturated heterocycles. The molecule has 4 aromatic rings. The molecule has 5 nitrogen and oxygen atoms in total. The van der Waals surface area contributed by atoms with E-state index in [1.165, 1.54) is 0 Å². The molecule has 6 rings (SSSR count). The third-order valence-corrected chi connectivity index (χ3v) is 7.10. The van der Waals surface area contributed by atoms with Gasteiger partial charge >= 0.3 is 0 Å². The van der Waals surface area contributed by atoms with Crippen LogP contribution in [0.25, 0.3) is 10.8 Å². The highest BCUT2D eigenvalue weighted by Gasteiger charge is 2.38. The first-order chi connectivity index (χ1) is 17.3. The highest BCUT2D eigenvalue weighted by atomic mass is 16.5. The van der Waals surface area contributed by atoms with Gasteiger partial charge in [-0.1, -0.05) is 48.5 Å². The highest BCUT2D eigenvalue weighted by Crippen LogP contribution is 2.48. The number of hydrogen-bond acceptors (Lipinski definition) is 5. The smallest absolute Gasteiger partial charge is 0.194 e. The summed E-state index contributed by atoms with van der Waals surface area (Å²) >= 11 is 0. The molecule has 0 fully saturated rings. The average molecular weight is 479 g/mol. The molecule has 5 heteroatoms. The van der Waals surface area contributed by atoms with Crippen LogP contribution >= 0.6 is 0 Å². The van der Waals surface area contributed by atoms with Crippen LogP contribution in [0.2, 0.25) is 0 Å². The summed E-state index contributed by atoms with van der Waals surface area (Å²) in [6, 6.07) is 20.4. The Morgan fingerprint density at radius 2 is 1.42 bits per heavy atom. The highest BCUT2D eigenvalue weighted by molar-refractivity contribution is 6.28. The fourth-order valence-electron chi connectivity index (χ4n) is 5.35. The van der Waals surface area contributed by atoms with Gasteiger partial charge in [0.2, 0.25) is 0 Å². The number of rotatable bonds is 3. The summed E-state index contributed by atoms with van der Waals surface area (Å²) in [5, 5.41) is 1.94. The molecule has 36 heavy (non-hydrogen) atoms. The minimum atomic E-state index is -0.470. The Morgan fingerprint density at radius 1 is 0.806 bits per heavy atom. The minimum absolute atomic E-state index is 0.136. The molecule has 0 bridgehead atoms. The van der Waals surface area contributed by atoms with Crippen LogP contribution in [0.3, 0.4) is 0 Å². The van der Waals surface area contributed by atoms with Gasteiger partial charge in [-0.25, -0.2) is 0 Å². The summed E-state index contributed by atoms with van der Waals surface area (Å²) in [4.78, 5) is 26.4. The average Bonchev–Trinajstić information content (AvgIpc) is 2.87. The van der Waals surface area contributed by atoms with Crippen molar-refractivity contribution in [3.8, 4) is 17.2 Å². The molecular formula is C31H26O5. The Bertz CT molecular complexity index is 1580. The van der Waals surface area contributed by atoms with Crippen molar-refractivity contribution in [1.82, 2.24) is 0 Å². The quantitative estimate of drug-likeness (QED) is 0.292. The van der Waals surface area contributed by atoms with Gasteiger partial charge in [-0.05, 0) is 44.5 Å². The summed E-state index contributed by atoms with van der Waals surface area (Å²) < 4.78 is 18.8. The summed E-state index contributed by atoms with van der Waals surface area (Å²) in [7, 11) is 1.66. The predicted molar refractivity (Wildman–Crippen MR) is 138 cm³/mol. The standard InChI is InChI=1S/C31H26O5/c1-17-13-22-23(29(33)20-11-7-6-10-19(20)28(22)32)14-25(17)35-27-16-31(2,3)36-30-21-12-8-5-9-18(21)26(34-4)15-24(27)30/h5-15,27H,16H2,1-4H3/t27-/m1/s1. The lowest BCUT2D eigenvalue weighted by atomic mass is 9.83. The van der Waals surface area contributed by atoms with Gasteiger partial charge in [0.05, 0.1) is 7.11 Å². The molecule has 0 saturated carbocycles. The second kappa shape index (κ2) is 7.95. The third-order valence-electron chi connectivity index (χ3n) is 7.10. The molecule has 1 heterocycles. The van der Waals surface area contributed by atoms with E-state index in [9.17, 15) is 9.59 Å². The molecule has 0 radical (unpaired) electrons. The van der Waals surface area contributed by atoms with Crippen LogP contribution in [0.15, 0.2) is 66.7 Å². The van der Waals surface area contributed by atoms with E-state index in [4.69, 9.17) is 14.2 Å². The first-order valence-electron chi connectivity index (χ1n) is 12.1. The number of aryl methyl sites for hydroxylation is 1. The van der Waals surface area contributed by atoms with Crippen molar-refractivity contribution in [2.24, 2.45) is 0 Å². The third kappa shape index (κ3) is 3.38. The van der Waals surface area contributed by atoms with E-state index in [0.717, 1.165) is 33.4 Å². The maximum atomic E-state index is 13.3. The van der Waals surface area contributed by atoms with E-state index in [2.05, 4.69) is 0 Å². The van der Waals surface area contributed by atoms with Crippen molar-refractivity contribution in [1.29, 1.82) is 0 Å². The van der Waals surface area contributed by atoms with Crippen LogP contribution in [-0.2, 0) is 0 Å². The van der Waals surface area contributed by atoms with Crippen LogP contribution in [-0.4, -0.2) is 24.3 Å².